The van der Waals surface area contributed by atoms with Crippen LogP contribution in [0.15, 0.2) is 48.5 Å². The van der Waals surface area contributed by atoms with Crippen molar-refractivity contribution < 1.29 is 9.53 Å². The Balaban J connectivity index is 2.02. The quantitative estimate of drug-likeness (QED) is 0.738. The molecule has 4 nitrogen and oxygen atoms in total. The summed E-state index contributed by atoms with van der Waals surface area (Å²) in [4.78, 5) is 17.1. The van der Waals surface area contributed by atoms with Gasteiger partial charge in [0.25, 0.3) is 5.91 Å². The Morgan fingerprint density at radius 2 is 1.86 bits per heavy atom. The van der Waals surface area contributed by atoms with E-state index in [4.69, 9.17) is 4.74 Å². The molecule has 0 atom stereocenters. The average molecular weight is 280 g/mol. The van der Waals surface area contributed by atoms with Crippen molar-refractivity contribution in [3.8, 4) is 5.75 Å². The van der Waals surface area contributed by atoms with Crippen LogP contribution in [-0.2, 0) is 0 Å². The van der Waals surface area contributed by atoms with Crippen LogP contribution in [0.2, 0.25) is 0 Å². The lowest BCUT2D eigenvalue weighted by Crippen LogP contribution is -2.13. The van der Waals surface area contributed by atoms with E-state index in [1.165, 1.54) is 0 Å². The van der Waals surface area contributed by atoms with Crippen LogP contribution in [0.1, 0.15) is 23.1 Å². The first-order chi connectivity index (χ1) is 10.2. The molecular formula is C17H16N2O2. The van der Waals surface area contributed by atoms with E-state index in [1.54, 1.807) is 16.7 Å². The van der Waals surface area contributed by atoms with E-state index in [0.29, 0.717) is 18.0 Å². The molecule has 2 aromatic carbocycles. The number of fused-ring (bicyclic) bond motifs is 1. The molecule has 0 saturated heterocycles. The summed E-state index contributed by atoms with van der Waals surface area (Å²) >= 11 is 0. The van der Waals surface area contributed by atoms with Gasteiger partial charge in [0.05, 0.1) is 17.6 Å². The van der Waals surface area contributed by atoms with Crippen molar-refractivity contribution in [1.82, 2.24) is 9.55 Å². The highest BCUT2D eigenvalue weighted by Gasteiger charge is 2.15. The van der Waals surface area contributed by atoms with Gasteiger partial charge in [0.2, 0.25) is 0 Å². The maximum absolute atomic E-state index is 12.7. The summed E-state index contributed by atoms with van der Waals surface area (Å²) in [6, 6.07) is 14.8. The summed E-state index contributed by atoms with van der Waals surface area (Å²) < 4.78 is 7.04. The van der Waals surface area contributed by atoms with Gasteiger partial charge in [0.15, 0.2) is 0 Å². The fourth-order valence-corrected chi connectivity index (χ4v) is 2.39. The third-order valence-electron chi connectivity index (χ3n) is 3.34. The van der Waals surface area contributed by atoms with E-state index in [-0.39, 0.29) is 5.91 Å². The van der Waals surface area contributed by atoms with E-state index >= 15 is 0 Å². The first-order valence-electron chi connectivity index (χ1n) is 6.92. The molecule has 0 radical (unpaired) electrons. The van der Waals surface area contributed by atoms with Gasteiger partial charge < -0.3 is 4.74 Å². The largest absolute Gasteiger partial charge is 0.494 e. The zero-order chi connectivity index (χ0) is 14.8. The highest BCUT2D eigenvalue weighted by Crippen LogP contribution is 2.19. The molecule has 0 fully saturated rings. The first kappa shape index (κ1) is 13.4. The van der Waals surface area contributed by atoms with Crippen LogP contribution >= 0.6 is 0 Å². The second-order valence-electron chi connectivity index (χ2n) is 4.75. The topological polar surface area (TPSA) is 44.1 Å². The summed E-state index contributed by atoms with van der Waals surface area (Å²) in [5.74, 6) is 1.38. The molecule has 0 bridgehead atoms. The van der Waals surface area contributed by atoms with Crippen molar-refractivity contribution in [2.24, 2.45) is 0 Å². The lowest BCUT2D eigenvalue weighted by Gasteiger charge is -2.07. The number of ether oxygens (including phenoxy) is 1. The zero-order valence-corrected chi connectivity index (χ0v) is 12.0. The van der Waals surface area contributed by atoms with Gasteiger partial charge in [0.1, 0.15) is 11.6 Å². The number of imidazole rings is 1. The number of hydrogen-bond acceptors (Lipinski definition) is 3. The van der Waals surface area contributed by atoms with Crippen molar-refractivity contribution in [3.05, 3.63) is 59.9 Å². The van der Waals surface area contributed by atoms with Crippen molar-refractivity contribution >= 4 is 16.9 Å². The van der Waals surface area contributed by atoms with Crippen molar-refractivity contribution in [1.29, 1.82) is 0 Å². The normalized spacial score (nSPS) is 10.8. The molecule has 1 aromatic heterocycles. The Labute approximate surface area is 123 Å². The van der Waals surface area contributed by atoms with Crippen LogP contribution in [0.4, 0.5) is 0 Å². The number of para-hydroxylation sites is 2. The van der Waals surface area contributed by atoms with Crippen LogP contribution in [0.5, 0.6) is 5.75 Å². The lowest BCUT2D eigenvalue weighted by atomic mass is 10.2. The van der Waals surface area contributed by atoms with Gasteiger partial charge in [0, 0.05) is 5.56 Å². The molecule has 0 N–H and O–H groups in total. The number of rotatable bonds is 3. The maximum Gasteiger partial charge on any atom is 0.263 e. The van der Waals surface area contributed by atoms with E-state index in [2.05, 4.69) is 4.98 Å². The molecular weight excluding hydrogens is 264 g/mol. The van der Waals surface area contributed by atoms with Gasteiger partial charge >= 0.3 is 0 Å². The Morgan fingerprint density at radius 3 is 2.57 bits per heavy atom. The molecule has 3 aromatic rings. The van der Waals surface area contributed by atoms with E-state index in [0.717, 1.165) is 16.8 Å². The van der Waals surface area contributed by atoms with E-state index in [9.17, 15) is 4.79 Å². The summed E-state index contributed by atoms with van der Waals surface area (Å²) in [5, 5.41) is 0. The van der Waals surface area contributed by atoms with Gasteiger partial charge in [-0.1, -0.05) is 12.1 Å². The number of hydrogen-bond donors (Lipinski definition) is 0. The smallest absolute Gasteiger partial charge is 0.263 e. The predicted molar refractivity (Wildman–Crippen MR) is 81.8 cm³/mol. The highest BCUT2D eigenvalue weighted by atomic mass is 16.5. The minimum atomic E-state index is -0.0794. The first-order valence-corrected chi connectivity index (χ1v) is 6.92. The Hall–Kier alpha value is -2.62. The molecule has 4 heteroatoms. The minimum absolute atomic E-state index is 0.0794. The lowest BCUT2D eigenvalue weighted by molar-refractivity contribution is 0.0962. The van der Waals surface area contributed by atoms with Crippen LogP contribution in [0.3, 0.4) is 0 Å². The van der Waals surface area contributed by atoms with Crippen molar-refractivity contribution in [3.63, 3.8) is 0 Å². The molecule has 3 rings (SSSR count). The number of carbonyl (C=O) groups is 1. The Bertz CT molecular complexity index is 788. The Morgan fingerprint density at radius 1 is 1.14 bits per heavy atom. The molecule has 0 spiro atoms. The number of benzene rings is 2. The molecule has 0 aliphatic carbocycles. The number of carbonyl (C=O) groups excluding carboxylic acids is 1. The maximum atomic E-state index is 12.7. The van der Waals surface area contributed by atoms with Crippen molar-refractivity contribution in [2.75, 3.05) is 6.61 Å². The van der Waals surface area contributed by atoms with Gasteiger partial charge in [-0.15, -0.1) is 0 Å². The fraction of sp³-hybridized carbons (Fsp3) is 0.176. The second-order valence-corrected chi connectivity index (χ2v) is 4.75. The molecule has 106 valence electrons. The predicted octanol–water partition coefficient (Wildman–Crippen LogP) is 3.43. The van der Waals surface area contributed by atoms with Gasteiger partial charge in [-0.3, -0.25) is 9.36 Å². The zero-order valence-electron chi connectivity index (χ0n) is 12.0. The van der Waals surface area contributed by atoms with Crippen LogP contribution in [-0.4, -0.2) is 22.1 Å². The van der Waals surface area contributed by atoms with Gasteiger partial charge in [-0.25, -0.2) is 4.98 Å². The molecule has 0 amide bonds. The van der Waals surface area contributed by atoms with Gasteiger partial charge in [-0.2, -0.15) is 0 Å². The summed E-state index contributed by atoms with van der Waals surface area (Å²) in [7, 11) is 0. The number of aryl methyl sites for hydroxylation is 1. The third-order valence-corrected chi connectivity index (χ3v) is 3.34. The second kappa shape index (κ2) is 5.40. The average Bonchev–Trinajstić information content (AvgIpc) is 2.83. The molecule has 0 unspecified atom stereocenters. The number of nitrogens with zero attached hydrogens (tertiary/aromatic N) is 2. The van der Waals surface area contributed by atoms with Crippen molar-refractivity contribution in [2.45, 2.75) is 13.8 Å². The standard InChI is InChI=1S/C17H16N2O2/c1-3-21-14-10-8-13(9-11-14)17(20)19-12(2)18-15-6-4-5-7-16(15)19/h4-11H,3H2,1-2H3. The minimum Gasteiger partial charge on any atom is -0.494 e. The molecule has 21 heavy (non-hydrogen) atoms. The van der Waals surface area contributed by atoms with Crippen LogP contribution in [0.25, 0.3) is 11.0 Å². The van der Waals surface area contributed by atoms with E-state index < -0.39 is 0 Å². The SMILES string of the molecule is CCOc1ccc(C(=O)n2c(C)nc3ccccc32)cc1. The molecule has 1 heterocycles. The summed E-state index contributed by atoms with van der Waals surface area (Å²) in [6.07, 6.45) is 0. The molecule has 0 aliphatic rings. The number of aromatic nitrogens is 2. The third kappa shape index (κ3) is 2.40. The van der Waals surface area contributed by atoms with Crippen LogP contribution in [0, 0.1) is 6.92 Å². The molecule has 0 saturated carbocycles. The van der Waals surface area contributed by atoms with E-state index in [1.807, 2.05) is 50.2 Å². The highest BCUT2D eigenvalue weighted by molar-refractivity contribution is 6.01. The van der Waals surface area contributed by atoms with Crippen LogP contribution < -0.4 is 4.74 Å². The fourth-order valence-electron chi connectivity index (χ4n) is 2.39. The molecule has 0 aliphatic heterocycles. The Kier molecular flexibility index (Phi) is 3.44. The summed E-state index contributed by atoms with van der Waals surface area (Å²) in [6.45, 7) is 4.38. The van der Waals surface area contributed by atoms with Gasteiger partial charge in [-0.05, 0) is 50.2 Å². The summed E-state index contributed by atoms with van der Waals surface area (Å²) in [5.41, 5.74) is 2.27. The monoisotopic (exact) mass is 280 g/mol.